The van der Waals surface area contributed by atoms with Crippen LogP contribution in [0, 0.1) is 0 Å². The Hall–Kier alpha value is -5.03. The number of carbonyl (C=O) groups excluding carboxylic acids is 3. The van der Waals surface area contributed by atoms with Gasteiger partial charge in [0.25, 0.3) is 12.3 Å². The van der Waals surface area contributed by atoms with Crippen molar-refractivity contribution in [3.05, 3.63) is 59.8 Å². The molecule has 4 fully saturated rings. The Morgan fingerprint density at radius 3 is 2.65 bits per heavy atom. The molecule has 2 N–H and O–H groups in total. The Morgan fingerprint density at radius 2 is 1.94 bits per heavy atom. The van der Waals surface area contributed by atoms with Crippen molar-refractivity contribution in [3.8, 4) is 0 Å². The Bertz CT molecular complexity index is 1870. The van der Waals surface area contributed by atoms with Gasteiger partial charge in [-0.05, 0) is 37.0 Å². The summed E-state index contributed by atoms with van der Waals surface area (Å²) in [5.74, 6) is 0.309. The molecule has 8 rings (SSSR count). The quantitative estimate of drug-likeness (QED) is 0.288. The molecule has 0 aliphatic carbocycles. The number of halogens is 2. The number of aromatic nitrogens is 6. The molecule has 0 aromatic carbocycles. The number of anilines is 3. The number of carbonyl (C=O) groups is 3. The predicted molar refractivity (Wildman–Crippen MR) is 167 cm³/mol. The van der Waals surface area contributed by atoms with E-state index in [1.54, 1.807) is 18.5 Å². The average molecular weight is 662 g/mol. The maximum Gasteiger partial charge on any atom is 0.329 e. The summed E-state index contributed by atoms with van der Waals surface area (Å²) in [5.41, 5.74) is 0.952. The third-order valence-corrected chi connectivity index (χ3v) is 9.49. The summed E-state index contributed by atoms with van der Waals surface area (Å²) in [4.78, 5) is 51.9. The first kappa shape index (κ1) is 30.3. The van der Waals surface area contributed by atoms with Gasteiger partial charge in [-0.25, -0.2) is 28.1 Å². The number of imide groups is 1. The van der Waals surface area contributed by atoms with E-state index in [0.717, 1.165) is 24.3 Å². The molecule has 4 aliphatic heterocycles. The van der Waals surface area contributed by atoms with E-state index in [0.29, 0.717) is 50.5 Å². The number of nitrogens with one attached hydrogen (secondary N) is 2. The highest BCUT2D eigenvalue weighted by Gasteiger charge is 2.40. The number of hydrogen-bond donors (Lipinski definition) is 2. The topological polar surface area (TPSA) is 155 Å². The van der Waals surface area contributed by atoms with Gasteiger partial charge in [0.1, 0.15) is 17.2 Å². The Labute approximate surface area is 272 Å². The van der Waals surface area contributed by atoms with Crippen LogP contribution in [0.15, 0.2) is 43.0 Å². The van der Waals surface area contributed by atoms with Gasteiger partial charge in [0.05, 0.1) is 36.7 Å². The van der Waals surface area contributed by atoms with Crippen LogP contribution in [0.1, 0.15) is 59.8 Å². The standard InChI is InChI=1S/C31H33F2N11O4/c32-28(33)27-23(36-30(46)22-13-35-43-10-5-25(37-29(22)43)42-15-21-11-20(42)17-48-21)16-44(39-27)19-3-7-40(8-4-19)14-18-1-2-24(34-12-18)41-9-6-26(45)38-31(41)47/h1-2,5,10,12-13,16,19-21,28H,3-4,6-9,11,14-15,17H2,(H,36,46)(H,38,45,47)/t20-,21-/m1/s1. The lowest BCUT2D eigenvalue weighted by Crippen LogP contribution is -2.49. The highest BCUT2D eigenvalue weighted by atomic mass is 19.3. The van der Waals surface area contributed by atoms with Crippen molar-refractivity contribution >= 4 is 40.8 Å². The molecule has 0 spiro atoms. The highest BCUT2D eigenvalue weighted by molar-refractivity contribution is 6.08. The first-order valence-electron chi connectivity index (χ1n) is 16.0. The lowest BCUT2D eigenvalue weighted by Gasteiger charge is -2.32. The van der Waals surface area contributed by atoms with Crippen LogP contribution in [0.25, 0.3) is 5.65 Å². The molecule has 4 amide bonds. The van der Waals surface area contributed by atoms with Crippen LogP contribution < -0.4 is 20.4 Å². The first-order valence-corrected chi connectivity index (χ1v) is 16.0. The fourth-order valence-electron chi connectivity index (χ4n) is 6.95. The van der Waals surface area contributed by atoms with Crippen LogP contribution in [0.5, 0.6) is 0 Å². The summed E-state index contributed by atoms with van der Waals surface area (Å²) in [7, 11) is 0. The number of fused-ring (bicyclic) bond motifs is 3. The van der Waals surface area contributed by atoms with Gasteiger partial charge in [-0.3, -0.25) is 29.4 Å². The number of likely N-dealkylation sites (tertiary alicyclic amines) is 1. The molecule has 8 heterocycles. The number of pyridine rings is 1. The summed E-state index contributed by atoms with van der Waals surface area (Å²) in [6.45, 7) is 3.70. The number of alkyl halides is 2. The molecule has 0 unspecified atom stereocenters. The number of hydrogen-bond acceptors (Lipinski definition) is 10. The lowest BCUT2D eigenvalue weighted by molar-refractivity contribution is -0.120. The second-order valence-corrected chi connectivity index (χ2v) is 12.6. The van der Waals surface area contributed by atoms with Gasteiger partial charge in [0.15, 0.2) is 11.3 Å². The predicted octanol–water partition coefficient (Wildman–Crippen LogP) is 2.77. The van der Waals surface area contributed by atoms with Gasteiger partial charge >= 0.3 is 6.03 Å². The van der Waals surface area contributed by atoms with Crippen LogP contribution in [0.2, 0.25) is 0 Å². The van der Waals surface area contributed by atoms with Crippen molar-refractivity contribution in [2.24, 2.45) is 0 Å². The number of morpholine rings is 1. The van der Waals surface area contributed by atoms with E-state index in [-0.39, 0.29) is 48.3 Å². The molecule has 0 saturated carbocycles. The molecule has 2 bridgehead atoms. The number of amides is 4. The monoisotopic (exact) mass is 661 g/mol. The van der Waals surface area contributed by atoms with E-state index < -0.39 is 24.1 Å². The van der Waals surface area contributed by atoms with Crippen LogP contribution in [-0.2, 0) is 16.1 Å². The second-order valence-electron chi connectivity index (χ2n) is 12.6. The third-order valence-electron chi connectivity index (χ3n) is 9.49. The minimum absolute atomic E-state index is 0.0418. The van der Waals surface area contributed by atoms with Crippen molar-refractivity contribution in [3.63, 3.8) is 0 Å². The summed E-state index contributed by atoms with van der Waals surface area (Å²) >= 11 is 0. The van der Waals surface area contributed by atoms with E-state index in [1.165, 1.54) is 26.5 Å². The first-order chi connectivity index (χ1) is 23.3. The smallest absolute Gasteiger partial charge is 0.329 e. The van der Waals surface area contributed by atoms with E-state index in [1.807, 2.05) is 12.1 Å². The maximum atomic E-state index is 14.1. The Morgan fingerprint density at radius 1 is 1.08 bits per heavy atom. The zero-order chi connectivity index (χ0) is 32.9. The van der Waals surface area contributed by atoms with E-state index in [2.05, 4.69) is 35.6 Å². The van der Waals surface area contributed by atoms with E-state index >= 15 is 0 Å². The minimum Gasteiger partial charge on any atom is -0.374 e. The number of piperidine rings is 1. The summed E-state index contributed by atoms with van der Waals surface area (Å²) in [5, 5.41) is 13.4. The molecule has 15 nitrogen and oxygen atoms in total. The van der Waals surface area contributed by atoms with Crippen LogP contribution in [-0.4, -0.2) is 97.0 Å². The van der Waals surface area contributed by atoms with Crippen LogP contribution >= 0.6 is 0 Å². The SMILES string of the molecule is O=C1CCN(c2ccc(CN3CCC(n4cc(NC(=O)c5cnn6ccc(N7C[C@H]8C[C@@H]7CO8)nc56)c(C(F)F)n4)CC3)cn2)C(=O)N1. The third kappa shape index (κ3) is 5.72. The van der Waals surface area contributed by atoms with Gasteiger partial charge in [0, 0.05) is 57.7 Å². The number of nitrogens with zero attached hydrogens (tertiary/aromatic N) is 9. The van der Waals surface area contributed by atoms with Crippen LogP contribution in [0.3, 0.4) is 0 Å². The molecule has 4 aromatic heterocycles. The molecule has 4 aromatic rings. The molecule has 4 saturated heterocycles. The van der Waals surface area contributed by atoms with Gasteiger partial charge in [-0.2, -0.15) is 10.2 Å². The molecule has 48 heavy (non-hydrogen) atoms. The summed E-state index contributed by atoms with van der Waals surface area (Å²) in [6, 6.07) is 5.16. The Balaban J connectivity index is 0.910. The zero-order valence-corrected chi connectivity index (χ0v) is 25.8. The van der Waals surface area contributed by atoms with Crippen molar-refractivity contribution in [1.29, 1.82) is 0 Å². The van der Waals surface area contributed by atoms with Gasteiger partial charge < -0.3 is 15.0 Å². The highest BCUT2D eigenvalue weighted by Crippen LogP contribution is 2.33. The van der Waals surface area contributed by atoms with Gasteiger partial charge in [-0.1, -0.05) is 6.07 Å². The Kier molecular flexibility index (Phi) is 7.71. The molecule has 2 atom stereocenters. The number of urea groups is 1. The van der Waals surface area contributed by atoms with Crippen molar-refractivity contribution in [2.75, 3.05) is 47.9 Å². The molecule has 0 radical (unpaired) electrons. The largest absolute Gasteiger partial charge is 0.374 e. The fraction of sp³-hybridized carbons (Fsp3) is 0.452. The average Bonchev–Trinajstić information content (AvgIpc) is 3.89. The number of rotatable bonds is 8. The fourth-order valence-corrected chi connectivity index (χ4v) is 6.95. The zero-order valence-electron chi connectivity index (χ0n) is 25.8. The molecule has 17 heteroatoms. The summed E-state index contributed by atoms with van der Waals surface area (Å²) < 4.78 is 37.0. The lowest BCUT2D eigenvalue weighted by atomic mass is 10.0. The minimum atomic E-state index is -2.88. The maximum absolute atomic E-state index is 14.1. The molecule has 250 valence electrons. The van der Waals surface area contributed by atoms with Crippen molar-refractivity contribution in [1.82, 2.24) is 39.6 Å². The molecular formula is C31H33F2N11O4. The van der Waals surface area contributed by atoms with Crippen LogP contribution in [0.4, 0.5) is 30.9 Å². The van der Waals surface area contributed by atoms with Crippen molar-refractivity contribution in [2.45, 2.75) is 56.8 Å². The number of ether oxygens (including phenoxy) is 1. The molecule has 4 aliphatic rings. The van der Waals surface area contributed by atoms with Crippen molar-refractivity contribution < 1.29 is 27.9 Å². The van der Waals surface area contributed by atoms with Gasteiger partial charge in [0.2, 0.25) is 5.91 Å². The van der Waals surface area contributed by atoms with E-state index in [4.69, 9.17) is 9.72 Å². The molecular weight excluding hydrogens is 628 g/mol. The summed E-state index contributed by atoms with van der Waals surface area (Å²) in [6.07, 6.45) is 6.14. The normalized spacial score (nSPS) is 21.9. The second kappa shape index (κ2) is 12.2. The van der Waals surface area contributed by atoms with Gasteiger partial charge in [-0.15, -0.1) is 0 Å². The van der Waals surface area contributed by atoms with E-state index in [9.17, 15) is 23.2 Å².